The number of nitrogens with two attached hydrogens (primary N) is 1. The Balaban J connectivity index is 2.42. The first-order valence-electron chi connectivity index (χ1n) is 8.40. The number of carbonyl (C=O) groups is 5. The highest BCUT2D eigenvalue weighted by molar-refractivity contribution is 5.91. The number of rotatable bonds is 11. The van der Waals surface area contributed by atoms with Crippen LogP contribution in [0, 0.1) is 0 Å². The minimum Gasteiger partial charge on any atom is -0.508 e. The molecule has 0 fully saturated rings. The molecule has 0 aliphatic rings. The Bertz CT molecular complexity index is 765. The summed E-state index contributed by atoms with van der Waals surface area (Å²) in [5.74, 6) is -4.89. The molecule has 29 heavy (non-hydrogen) atoms. The molecule has 2 unspecified atom stereocenters. The first kappa shape index (κ1) is 23.4. The van der Waals surface area contributed by atoms with Gasteiger partial charge < -0.3 is 37.0 Å². The van der Waals surface area contributed by atoms with Crippen LogP contribution in [-0.4, -0.2) is 70.2 Å². The number of carboxylic acid groups (broad SMARTS) is 2. The lowest BCUT2D eigenvalue weighted by atomic mass is 10.1. The van der Waals surface area contributed by atoms with Gasteiger partial charge in [0.2, 0.25) is 17.7 Å². The third kappa shape index (κ3) is 9.19. The fraction of sp³-hybridized carbons (Fsp3) is 0.353. The number of phenolic OH excluding ortho intramolecular Hbond substituents is 1. The van der Waals surface area contributed by atoms with Gasteiger partial charge in [-0.3, -0.25) is 19.2 Å². The van der Waals surface area contributed by atoms with Gasteiger partial charge >= 0.3 is 11.9 Å². The maximum Gasteiger partial charge on any atom is 0.326 e. The average Bonchev–Trinajstić information content (AvgIpc) is 2.64. The maximum atomic E-state index is 11.9. The van der Waals surface area contributed by atoms with E-state index < -0.39 is 61.3 Å². The molecule has 0 aliphatic carbocycles. The molecule has 12 nitrogen and oxygen atoms in total. The van der Waals surface area contributed by atoms with Crippen LogP contribution in [0.25, 0.3) is 0 Å². The second kappa shape index (κ2) is 11.2. The first-order valence-corrected chi connectivity index (χ1v) is 8.40. The Morgan fingerprint density at radius 3 is 2.07 bits per heavy atom. The predicted molar refractivity (Wildman–Crippen MR) is 97.6 cm³/mol. The molecule has 1 aromatic rings. The van der Waals surface area contributed by atoms with E-state index in [1.54, 1.807) is 0 Å². The Kier molecular flexibility index (Phi) is 9.05. The van der Waals surface area contributed by atoms with E-state index in [0.29, 0.717) is 5.56 Å². The monoisotopic (exact) mass is 410 g/mol. The molecule has 0 saturated carbocycles. The summed E-state index contributed by atoms with van der Waals surface area (Å²) < 4.78 is 0. The molecular weight excluding hydrogens is 388 g/mol. The van der Waals surface area contributed by atoms with Gasteiger partial charge in [-0.25, -0.2) is 4.79 Å². The molecule has 1 rings (SSSR count). The number of nitrogens with one attached hydrogen (secondary N) is 3. The lowest BCUT2D eigenvalue weighted by molar-refractivity contribution is -0.141. The lowest BCUT2D eigenvalue weighted by Gasteiger charge is -2.15. The van der Waals surface area contributed by atoms with Crippen LogP contribution in [0.2, 0.25) is 0 Å². The number of benzene rings is 1. The van der Waals surface area contributed by atoms with Crippen LogP contribution in [0.15, 0.2) is 24.3 Å². The molecule has 0 heterocycles. The quantitative estimate of drug-likeness (QED) is 0.206. The van der Waals surface area contributed by atoms with Crippen molar-refractivity contribution in [3.8, 4) is 5.75 Å². The zero-order chi connectivity index (χ0) is 22.0. The summed E-state index contributed by atoms with van der Waals surface area (Å²) in [5.41, 5.74) is 5.89. The smallest absolute Gasteiger partial charge is 0.326 e. The zero-order valence-electron chi connectivity index (χ0n) is 15.3. The Morgan fingerprint density at radius 1 is 0.931 bits per heavy atom. The van der Waals surface area contributed by atoms with E-state index in [4.69, 9.17) is 10.8 Å². The molecule has 1 aromatic carbocycles. The van der Waals surface area contributed by atoms with Crippen molar-refractivity contribution in [2.75, 3.05) is 13.1 Å². The van der Waals surface area contributed by atoms with E-state index in [1.807, 2.05) is 0 Å². The average molecular weight is 410 g/mol. The van der Waals surface area contributed by atoms with Gasteiger partial charge in [-0.1, -0.05) is 12.1 Å². The van der Waals surface area contributed by atoms with Gasteiger partial charge in [0.25, 0.3) is 0 Å². The summed E-state index contributed by atoms with van der Waals surface area (Å²) in [6, 6.07) is 3.21. The second-order valence-corrected chi connectivity index (χ2v) is 6.03. The Morgan fingerprint density at radius 2 is 1.52 bits per heavy atom. The molecule has 0 aromatic heterocycles. The van der Waals surface area contributed by atoms with Gasteiger partial charge in [-0.2, -0.15) is 0 Å². The fourth-order valence-electron chi connectivity index (χ4n) is 2.13. The van der Waals surface area contributed by atoms with Crippen molar-refractivity contribution in [3.05, 3.63) is 29.8 Å². The minimum atomic E-state index is -1.32. The molecule has 0 bridgehead atoms. The number of amides is 3. The van der Waals surface area contributed by atoms with Gasteiger partial charge in [0, 0.05) is 6.42 Å². The van der Waals surface area contributed by atoms with Crippen molar-refractivity contribution in [3.63, 3.8) is 0 Å². The third-order valence-corrected chi connectivity index (χ3v) is 3.61. The van der Waals surface area contributed by atoms with Crippen LogP contribution in [-0.2, 0) is 30.4 Å². The molecule has 0 spiro atoms. The van der Waals surface area contributed by atoms with Crippen molar-refractivity contribution in [1.82, 2.24) is 16.0 Å². The van der Waals surface area contributed by atoms with Crippen LogP contribution >= 0.6 is 0 Å². The summed E-state index contributed by atoms with van der Waals surface area (Å²) in [7, 11) is 0. The van der Waals surface area contributed by atoms with Crippen molar-refractivity contribution in [1.29, 1.82) is 0 Å². The maximum absolute atomic E-state index is 11.9. The number of carboxylic acids is 2. The van der Waals surface area contributed by atoms with Gasteiger partial charge in [0.1, 0.15) is 11.8 Å². The normalized spacial score (nSPS) is 12.3. The van der Waals surface area contributed by atoms with Crippen molar-refractivity contribution < 1.29 is 39.3 Å². The number of aromatic hydroxyl groups is 1. The topological polar surface area (TPSA) is 208 Å². The van der Waals surface area contributed by atoms with Gasteiger partial charge in [-0.05, 0) is 17.7 Å². The Hall–Kier alpha value is -3.67. The SMILES string of the molecule is NC(CC(=O)O)C(=O)NCC(=O)NCC(=O)NC(Cc1ccc(O)cc1)C(=O)O. The number of phenols is 1. The highest BCUT2D eigenvalue weighted by Gasteiger charge is 2.21. The standard InChI is InChI=1S/C17H22N4O8/c18-11(6-15(25)26)16(27)20-7-13(23)19-8-14(24)21-12(17(28)29)5-9-1-3-10(22)4-2-9/h1-4,11-12,22H,5-8,18H2,(H,19,23)(H,20,27)(H,21,24)(H,25,26)(H,28,29). The molecule has 0 radical (unpaired) electrons. The molecular formula is C17H22N4O8. The van der Waals surface area contributed by atoms with E-state index in [0.717, 1.165) is 0 Å². The number of carbonyl (C=O) groups excluding carboxylic acids is 3. The fourth-order valence-corrected chi connectivity index (χ4v) is 2.13. The van der Waals surface area contributed by atoms with Crippen LogP contribution < -0.4 is 21.7 Å². The van der Waals surface area contributed by atoms with E-state index in [1.165, 1.54) is 24.3 Å². The van der Waals surface area contributed by atoms with Crippen LogP contribution in [0.4, 0.5) is 0 Å². The van der Waals surface area contributed by atoms with Crippen molar-refractivity contribution in [2.24, 2.45) is 5.73 Å². The summed E-state index contributed by atoms with van der Waals surface area (Å²) in [4.78, 5) is 56.8. The van der Waals surface area contributed by atoms with Gasteiger partial charge in [-0.15, -0.1) is 0 Å². The molecule has 2 atom stereocenters. The first-order chi connectivity index (χ1) is 13.6. The summed E-state index contributed by atoms with van der Waals surface area (Å²) in [6.45, 7) is -1.06. The van der Waals surface area contributed by atoms with Crippen LogP contribution in [0.3, 0.4) is 0 Å². The highest BCUT2D eigenvalue weighted by Crippen LogP contribution is 2.11. The van der Waals surface area contributed by atoms with Gasteiger partial charge in [0.15, 0.2) is 0 Å². The van der Waals surface area contributed by atoms with Crippen LogP contribution in [0.5, 0.6) is 5.75 Å². The van der Waals surface area contributed by atoms with Gasteiger partial charge in [0.05, 0.1) is 25.6 Å². The van der Waals surface area contributed by atoms with E-state index in [9.17, 15) is 34.2 Å². The summed E-state index contributed by atoms with van der Waals surface area (Å²) in [5, 5.41) is 33.5. The minimum absolute atomic E-state index is 0.0170. The number of aliphatic carboxylic acids is 2. The third-order valence-electron chi connectivity index (χ3n) is 3.61. The van der Waals surface area contributed by atoms with E-state index in [-0.39, 0.29) is 12.2 Å². The van der Waals surface area contributed by atoms with E-state index in [2.05, 4.69) is 16.0 Å². The number of hydrogen-bond acceptors (Lipinski definition) is 7. The molecule has 158 valence electrons. The molecule has 12 heteroatoms. The lowest BCUT2D eigenvalue weighted by Crippen LogP contribution is -2.49. The molecule has 3 amide bonds. The molecule has 8 N–H and O–H groups in total. The summed E-state index contributed by atoms with van der Waals surface area (Å²) >= 11 is 0. The number of hydrogen-bond donors (Lipinski definition) is 7. The second-order valence-electron chi connectivity index (χ2n) is 6.03. The molecule has 0 saturated heterocycles. The van der Waals surface area contributed by atoms with Crippen molar-refractivity contribution >= 4 is 29.7 Å². The zero-order valence-corrected chi connectivity index (χ0v) is 15.3. The Labute approximate surface area is 165 Å². The summed E-state index contributed by atoms with van der Waals surface area (Å²) in [6.07, 6.45) is -0.639. The van der Waals surface area contributed by atoms with Crippen LogP contribution in [0.1, 0.15) is 12.0 Å². The largest absolute Gasteiger partial charge is 0.508 e. The van der Waals surface area contributed by atoms with Crippen molar-refractivity contribution in [2.45, 2.75) is 24.9 Å². The molecule has 0 aliphatic heterocycles. The van der Waals surface area contributed by atoms with E-state index >= 15 is 0 Å². The predicted octanol–water partition coefficient (Wildman–Crippen LogP) is -2.46. The highest BCUT2D eigenvalue weighted by atomic mass is 16.4.